The third kappa shape index (κ3) is 4.59. The van der Waals surface area contributed by atoms with E-state index in [9.17, 15) is 16.8 Å². The van der Waals surface area contributed by atoms with Crippen LogP contribution in [0.1, 0.15) is 29.7 Å². The zero-order valence-electron chi connectivity index (χ0n) is 15.0. The monoisotopic (exact) mass is 486 g/mol. The van der Waals surface area contributed by atoms with E-state index in [-0.39, 0.29) is 15.6 Å². The molecule has 0 spiro atoms. The minimum atomic E-state index is -3.99. The van der Waals surface area contributed by atoms with E-state index in [0.717, 1.165) is 41.1 Å². The van der Waals surface area contributed by atoms with Gasteiger partial charge in [-0.15, -0.1) is 0 Å². The molecule has 2 aromatic rings. The maximum Gasteiger partial charge on any atom is 0.263 e. The van der Waals surface area contributed by atoms with Crippen LogP contribution >= 0.6 is 15.9 Å². The summed E-state index contributed by atoms with van der Waals surface area (Å²) < 4.78 is 50.7. The highest BCUT2D eigenvalue weighted by Crippen LogP contribution is 2.25. The number of unbranched alkanes of at least 4 members (excludes halogenated alkanes) is 1. The van der Waals surface area contributed by atoms with Gasteiger partial charge in [0, 0.05) is 28.5 Å². The molecule has 150 valence electrons. The Morgan fingerprint density at radius 1 is 1.25 bits per heavy atom. The first kappa shape index (κ1) is 20.9. The first-order chi connectivity index (χ1) is 13.1. The van der Waals surface area contributed by atoms with Crippen molar-refractivity contribution in [1.82, 2.24) is 9.71 Å². The van der Waals surface area contributed by atoms with Gasteiger partial charge in [0.2, 0.25) is 10.0 Å². The molecule has 1 aromatic heterocycles. The molecular formula is C17H19BrN4O4S2. The number of nitrogens with zero attached hydrogens (tertiary/aromatic N) is 2. The van der Waals surface area contributed by atoms with E-state index in [4.69, 9.17) is 5.14 Å². The van der Waals surface area contributed by atoms with Gasteiger partial charge in [-0.1, -0.05) is 0 Å². The molecule has 0 saturated heterocycles. The third-order valence-corrected chi connectivity index (χ3v) is 7.03. The van der Waals surface area contributed by atoms with Crippen molar-refractivity contribution in [3.63, 3.8) is 0 Å². The fraction of sp³-hybridized carbons (Fsp3) is 0.294. The van der Waals surface area contributed by atoms with Gasteiger partial charge < -0.3 is 0 Å². The topological polar surface area (TPSA) is 132 Å². The molecule has 0 aliphatic carbocycles. The largest absolute Gasteiger partial charge is 0.267 e. The smallest absolute Gasteiger partial charge is 0.263 e. The molecule has 3 N–H and O–H groups in total. The number of aromatic nitrogens is 1. The first-order valence-electron chi connectivity index (χ1n) is 8.43. The molecule has 11 heteroatoms. The normalized spacial score (nSPS) is 16.8. The quantitative estimate of drug-likeness (QED) is 0.601. The molecule has 0 saturated carbocycles. The van der Waals surface area contributed by atoms with E-state index in [1.807, 2.05) is 13.0 Å². The Morgan fingerprint density at radius 2 is 2.00 bits per heavy atom. The summed E-state index contributed by atoms with van der Waals surface area (Å²) in [5, 5.41) is 5.07. The number of fused-ring (bicyclic) bond motifs is 1. The van der Waals surface area contributed by atoms with E-state index in [2.05, 4.69) is 30.6 Å². The Hall–Kier alpha value is -1.82. The number of halogens is 1. The van der Waals surface area contributed by atoms with Crippen molar-refractivity contribution in [1.29, 1.82) is 0 Å². The van der Waals surface area contributed by atoms with E-state index < -0.39 is 20.0 Å². The molecule has 0 fully saturated rings. The van der Waals surface area contributed by atoms with Gasteiger partial charge in [0.15, 0.2) is 0 Å². The SMILES string of the molecule is Cc1cc(Br)cnc1CCCCN=C1NS(=O)(=O)c2cc(S(N)(=O)=O)ccc21. The lowest BCUT2D eigenvalue weighted by Crippen LogP contribution is -2.22. The second kappa shape index (κ2) is 7.90. The van der Waals surface area contributed by atoms with Gasteiger partial charge in [-0.2, -0.15) is 0 Å². The van der Waals surface area contributed by atoms with Gasteiger partial charge >= 0.3 is 0 Å². The molecule has 0 radical (unpaired) electrons. The zero-order valence-corrected chi connectivity index (χ0v) is 18.2. The molecule has 0 atom stereocenters. The highest BCUT2D eigenvalue weighted by Gasteiger charge is 2.32. The van der Waals surface area contributed by atoms with Gasteiger partial charge in [0.1, 0.15) is 5.84 Å². The molecule has 1 aliphatic heterocycles. The number of hydrogen-bond acceptors (Lipinski definition) is 6. The van der Waals surface area contributed by atoms with Crippen LogP contribution in [0.5, 0.6) is 0 Å². The molecule has 0 unspecified atom stereocenters. The minimum absolute atomic E-state index is 0.132. The summed E-state index contributed by atoms with van der Waals surface area (Å²) >= 11 is 3.39. The van der Waals surface area contributed by atoms with E-state index in [1.54, 1.807) is 6.20 Å². The number of hydrogen-bond donors (Lipinski definition) is 2. The Bertz CT molecular complexity index is 1160. The Balaban J connectivity index is 1.68. The van der Waals surface area contributed by atoms with Crippen LogP contribution in [0, 0.1) is 6.92 Å². The van der Waals surface area contributed by atoms with Crippen molar-refractivity contribution in [3.05, 3.63) is 51.8 Å². The zero-order chi connectivity index (χ0) is 20.5. The first-order valence-corrected chi connectivity index (χ1v) is 12.3. The van der Waals surface area contributed by atoms with Gasteiger partial charge in [-0.3, -0.25) is 14.7 Å². The summed E-state index contributed by atoms with van der Waals surface area (Å²) in [5.41, 5.74) is 2.49. The predicted molar refractivity (Wildman–Crippen MR) is 109 cm³/mol. The summed E-state index contributed by atoms with van der Waals surface area (Å²) in [6.45, 7) is 2.44. The fourth-order valence-electron chi connectivity index (χ4n) is 2.88. The van der Waals surface area contributed by atoms with Crippen LogP contribution in [0.4, 0.5) is 0 Å². The van der Waals surface area contributed by atoms with Crippen LogP contribution in [0.2, 0.25) is 0 Å². The number of aryl methyl sites for hydroxylation is 2. The summed E-state index contributed by atoms with van der Waals surface area (Å²) in [5.74, 6) is 0.217. The summed E-state index contributed by atoms with van der Waals surface area (Å²) in [4.78, 5) is 8.35. The average molecular weight is 487 g/mol. The van der Waals surface area contributed by atoms with Crippen LogP contribution in [0.3, 0.4) is 0 Å². The molecule has 2 heterocycles. The number of pyridine rings is 1. The number of rotatable bonds is 6. The summed E-state index contributed by atoms with van der Waals surface area (Å²) in [6, 6.07) is 5.74. The van der Waals surface area contributed by atoms with Gasteiger partial charge in [-0.25, -0.2) is 22.0 Å². The lowest BCUT2D eigenvalue weighted by atomic mass is 10.1. The Labute approximate surface area is 172 Å². The van der Waals surface area contributed by atoms with Gasteiger partial charge in [0.25, 0.3) is 10.0 Å². The van der Waals surface area contributed by atoms with Gasteiger partial charge in [0.05, 0.1) is 9.79 Å². The van der Waals surface area contributed by atoms with Crippen molar-refractivity contribution in [3.8, 4) is 0 Å². The average Bonchev–Trinajstić information content (AvgIpc) is 2.86. The standard InChI is InChI=1S/C17H19BrN4O4S2/c1-11-8-12(18)10-21-15(11)4-2-3-7-20-17-14-6-5-13(27(19,23)24)9-16(14)28(25,26)22-17/h5-6,8-10H,2-4,7H2,1H3,(H,20,22)(H2,19,23,24). The lowest BCUT2D eigenvalue weighted by Gasteiger charge is -2.05. The second-order valence-corrected chi connectivity index (χ2v) is 10.5. The van der Waals surface area contributed by atoms with Crippen LogP contribution < -0.4 is 9.86 Å². The molecule has 1 aliphatic rings. The van der Waals surface area contributed by atoms with Crippen molar-refractivity contribution < 1.29 is 16.8 Å². The summed E-state index contributed by atoms with van der Waals surface area (Å²) in [6.07, 6.45) is 4.19. The van der Waals surface area contributed by atoms with Crippen molar-refractivity contribution >= 4 is 41.8 Å². The maximum absolute atomic E-state index is 12.2. The molecule has 0 bridgehead atoms. The van der Waals surface area contributed by atoms with E-state index >= 15 is 0 Å². The number of benzene rings is 1. The molecule has 3 rings (SSSR count). The summed E-state index contributed by atoms with van der Waals surface area (Å²) in [7, 11) is -7.84. The number of nitrogens with one attached hydrogen (secondary N) is 1. The number of primary sulfonamides is 1. The molecule has 0 amide bonds. The Kier molecular flexibility index (Phi) is 5.89. The Morgan fingerprint density at radius 3 is 2.68 bits per heavy atom. The van der Waals surface area contributed by atoms with Crippen molar-refractivity contribution in [2.45, 2.75) is 36.0 Å². The van der Waals surface area contributed by atoms with Crippen LogP contribution in [-0.4, -0.2) is 34.2 Å². The number of aliphatic imine (C=N–C) groups is 1. The van der Waals surface area contributed by atoms with Crippen LogP contribution in [-0.2, 0) is 26.5 Å². The number of nitrogens with two attached hydrogens (primary N) is 1. The fourth-order valence-corrected chi connectivity index (χ4v) is 5.21. The predicted octanol–water partition coefficient (Wildman–Crippen LogP) is 1.86. The van der Waals surface area contributed by atoms with Crippen molar-refractivity contribution in [2.75, 3.05) is 6.54 Å². The van der Waals surface area contributed by atoms with Gasteiger partial charge in [-0.05, 0) is 71.9 Å². The minimum Gasteiger partial charge on any atom is -0.267 e. The second-order valence-electron chi connectivity index (χ2n) is 6.41. The molecule has 28 heavy (non-hydrogen) atoms. The maximum atomic E-state index is 12.2. The molecule has 8 nitrogen and oxygen atoms in total. The number of amidine groups is 1. The number of sulfonamides is 2. The van der Waals surface area contributed by atoms with Crippen LogP contribution in [0.25, 0.3) is 0 Å². The highest BCUT2D eigenvalue weighted by molar-refractivity contribution is 9.10. The molecule has 1 aromatic carbocycles. The molecular weight excluding hydrogens is 468 g/mol. The lowest BCUT2D eigenvalue weighted by molar-refractivity contribution is 0.594. The van der Waals surface area contributed by atoms with E-state index in [0.29, 0.717) is 12.1 Å². The van der Waals surface area contributed by atoms with E-state index in [1.165, 1.54) is 12.1 Å². The highest BCUT2D eigenvalue weighted by atomic mass is 79.9. The third-order valence-electron chi connectivity index (χ3n) is 4.30. The van der Waals surface area contributed by atoms with Crippen LogP contribution in [0.15, 0.2) is 49.7 Å². The van der Waals surface area contributed by atoms with Crippen molar-refractivity contribution in [2.24, 2.45) is 10.1 Å².